The lowest BCUT2D eigenvalue weighted by atomic mass is 9.78. The van der Waals surface area contributed by atoms with Gasteiger partial charge in [-0.05, 0) is 34.9 Å². The number of likely N-dealkylation sites (tertiary alicyclic amines) is 1. The first-order valence-electron chi connectivity index (χ1n) is 9.70. The summed E-state index contributed by atoms with van der Waals surface area (Å²) in [7, 11) is 0. The van der Waals surface area contributed by atoms with E-state index in [2.05, 4.69) is 4.98 Å². The van der Waals surface area contributed by atoms with E-state index >= 15 is 0 Å². The number of nitrogens with zero attached hydrogens (tertiary/aromatic N) is 3. The number of aromatic hydroxyl groups is 1. The van der Waals surface area contributed by atoms with Crippen LogP contribution in [0.1, 0.15) is 35.1 Å². The summed E-state index contributed by atoms with van der Waals surface area (Å²) in [5, 5.41) is 22.0. The molecular formula is C23H21N3O4. The van der Waals surface area contributed by atoms with E-state index in [1.54, 1.807) is 35.5 Å². The van der Waals surface area contributed by atoms with Crippen LogP contribution in [0.15, 0.2) is 79.1 Å². The molecule has 2 aromatic carbocycles. The van der Waals surface area contributed by atoms with Crippen LogP contribution >= 0.6 is 0 Å². The molecule has 1 unspecified atom stereocenters. The molecule has 1 aromatic heterocycles. The van der Waals surface area contributed by atoms with Gasteiger partial charge in [0.1, 0.15) is 11.8 Å². The molecule has 0 radical (unpaired) electrons. The van der Waals surface area contributed by atoms with E-state index in [9.17, 15) is 20.0 Å². The fourth-order valence-corrected chi connectivity index (χ4v) is 4.19. The van der Waals surface area contributed by atoms with E-state index in [-0.39, 0.29) is 29.5 Å². The Morgan fingerprint density at radius 3 is 2.40 bits per heavy atom. The number of hydrogen-bond acceptors (Lipinski definition) is 5. The fraction of sp³-hybridized carbons (Fsp3) is 0.217. The minimum Gasteiger partial charge on any atom is -0.508 e. The molecule has 1 aliphatic rings. The summed E-state index contributed by atoms with van der Waals surface area (Å²) in [4.78, 5) is 30.9. The molecule has 1 aliphatic heterocycles. The first-order chi connectivity index (χ1) is 14.5. The van der Waals surface area contributed by atoms with Crippen molar-refractivity contribution in [2.45, 2.75) is 31.0 Å². The van der Waals surface area contributed by atoms with Gasteiger partial charge in [0.15, 0.2) is 0 Å². The van der Waals surface area contributed by atoms with Crippen LogP contribution in [-0.4, -0.2) is 31.9 Å². The number of rotatable bonds is 5. The third-order valence-corrected chi connectivity index (χ3v) is 5.57. The van der Waals surface area contributed by atoms with Gasteiger partial charge < -0.3 is 10.0 Å². The van der Waals surface area contributed by atoms with Gasteiger partial charge in [-0.15, -0.1) is 0 Å². The quantitative estimate of drug-likeness (QED) is 0.518. The van der Waals surface area contributed by atoms with E-state index in [1.165, 1.54) is 12.1 Å². The van der Waals surface area contributed by atoms with Crippen molar-refractivity contribution in [1.82, 2.24) is 9.88 Å². The number of benzene rings is 2. The second-order valence-corrected chi connectivity index (χ2v) is 7.42. The van der Waals surface area contributed by atoms with Crippen LogP contribution in [0, 0.1) is 10.1 Å². The van der Waals surface area contributed by atoms with Crippen LogP contribution in [0.2, 0.25) is 0 Å². The lowest BCUT2D eigenvalue weighted by molar-refractivity contribution is -0.537. The smallest absolute Gasteiger partial charge is 0.244 e. The molecule has 0 spiro atoms. The maximum atomic E-state index is 13.2. The molecule has 2 heterocycles. The Bertz CT molecular complexity index is 1030. The largest absolute Gasteiger partial charge is 0.508 e. The fourth-order valence-electron chi connectivity index (χ4n) is 4.19. The molecule has 152 valence electrons. The van der Waals surface area contributed by atoms with Gasteiger partial charge in [-0.2, -0.15) is 0 Å². The average molecular weight is 403 g/mol. The van der Waals surface area contributed by atoms with Gasteiger partial charge in [-0.3, -0.25) is 19.9 Å². The maximum Gasteiger partial charge on any atom is 0.244 e. The third-order valence-electron chi connectivity index (χ3n) is 5.57. The van der Waals surface area contributed by atoms with Crippen molar-refractivity contribution in [3.8, 4) is 5.75 Å². The molecule has 1 saturated heterocycles. The molecule has 0 saturated carbocycles. The zero-order valence-electron chi connectivity index (χ0n) is 16.2. The summed E-state index contributed by atoms with van der Waals surface area (Å²) in [6.45, 7) is 0.226. The zero-order chi connectivity index (χ0) is 21.1. The normalized spacial score (nSPS) is 21.4. The Kier molecular flexibility index (Phi) is 5.43. The minimum atomic E-state index is -1.02. The second kappa shape index (κ2) is 8.32. The molecule has 0 bridgehead atoms. The minimum absolute atomic E-state index is 0.0600. The van der Waals surface area contributed by atoms with Crippen molar-refractivity contribution >= 4 is 5.91 Å². The third kappa shape index (κ3) is 3.87. The van der Waals surface area contributed by atoms with Gasteiger partial charge in [0, 0.05) is 30.3 Å². The SMILES string of the molecule is O=C1CC(c2ccccc2)[C@H]([N+](=O)[O-])[C@@H](c2ccc(O)cc2)N1Cc1cccnc1. The highest BCUT2D eigenvalue weighted by Crippen LogP contribution is 2.42. The zero-order valence-corrected chi connectivity index (χ0v) is 16.2. The monoisotopic (exact) mass is 403 g/mol. The average Bonchev–Trinajstić information content (AvgIpc) is 2.76. The predicted molar refractivity (Wildman–Crippen MR) is 110 cm³/mol. The van der Waals surface area contributed by atoms with Crippen molar-refractivity contribution in [2.24, 2.45) is 0 Å². The van der Waals surface area contributed by atoms with Crippen LogP contribution in [-0.2, 0) is 11.3 Å². The first-order valence-corrected chi connectivity index (χ1v) is 9.70. The van der Waals surface area contributed by atoms with Crippen molar-refractivity contribution in [2.75, 3.05) is 0 Å². The van der Waals surface area contributed by atoms with Crippen LogP contribution in [0.5, 0.6) is 5.75 Å². The lowest BCUT2D eigenvalue weighted by Crippen LogP contribution is -2.51. The lowest BCUT2D eigenvalue weighted by Gasteiger charge is -2.41. The first kappa shape index (κ1) is 19.6. The van der Waals surface area contributed by atoms with Crippen molar-refractivity contribution in [3.63, 3.8) is 0 Å². The molecule has 3 aromatic rings. The van der Waals surface area contributed by atoms with E-state index in [0.717, 1.165) is 11.1 Å². The molecule has 7 nitrogen and oxygen atoms in total. The van der Waals surface area contributed by atoms with E-state index < -0.39 is 18.0 Å². The van der Waals surface area contributed by atoms with Gasteiger partial charge in [0.05, 0.1) is 5.92 Å². The highest BCUT2D eigenvalue weighted by Gasteiger charge is 2.50. The van der Waals surface area contributed by atoms with Crippen LogP contribution < -0.4 is 0 Å². The summed E-state index contributed by atoms with van der Waals surface area (Å²) >= 11 is 0. The number of piperidine rings is 1. The topological polar surface area (TPSA) is 96.6 Å². The Labute approximate surface area is 173 Å². The second-order valence-electron chi connectivity index (χ2n) is 7.42. The van der Waals surface area contributed by atoms with Crippen LogP contribution in [0.25, 0.3) is 0 Å². The molecule has 1 amide bonds. The Balaban J connectivity index is 1.81. The van der Waals surface area contributed by atoms with Crippen LogP contribution in [0.4, 0.5) is 0 Å². The molecular weight excluding hydrogens is 382 g/mol. The summed E-state index contributed by atoms with van der Waals surface area (Å²) in [6, 6.07) is 17.3. The van der Waals surface area contributed by atoms with Gasteiger partial charge in [-0.1, -0.05) is 48.5 Å². The number of pyridine rings is 1. The van der Waals surface area contributed by atoms with Crippen molar-refractivity contribution in [3.05, 3.63) is 106 Å². The number of phenolic OH excluding ortho intramolecular Hbond substituents is 1. The molecule has 0 aliphatic carbocycles. The summed E-state index contributed by atoms with van der Waals surface area (Å²) < 4.78 is 0. The number of nitro groups is 1. The number of carbonyl (C=O) groups is 1. The maximum absolute atomic E-state index is 13.2. The van der Waals surface area contributed by atoms with Gasteiger partial charge in [0.25, 0.3) is 0 Å². The van der Waals surface area contributed by atoms with Gasteiger partial charge in [-0.25, -0.2) is 0 Å². The molecule has 30 heavy (non-hydrogen) atoms. The van der Waals surface area contributed by atoms with E-state index in [1.807, 2.05) is 36.4 Å². The standard InChI is InChI=1S/C23H21N3O4/c27-19-10-8-18(9-11-19)22-23(26(29)30)20(17-6-2-1-3-7-17)13-21(28)25(22)15-16-5-4-12-24-14-16/h1-12,14,20,22-23,27H,13,15H2/t20?,22-,23+/m1/s1. The highest BCUT2D eigenvalue weighted by molar-refractivity contribution is 5.79. The molecule has 7 heteroatoms. The molecule has 1 N–H and O–H groups in total. The molecule has 1 fully saturated rings. The van der Waals surface area contributed by atoms with E-state index in [4.69, 9.17) is 0 Å². The Hall–Kier alpha value is -3.74. The summed E-state index contributed by atoms with van der Waals surface area (Å²) in [5.74, 6) is -0.626. The van der Waals surface area contributed by atoms with Crippen molar-refractivity contribution in [1.29, 1.82) is 0 Å². The number of phenols is 1. The van der Waals surface area contributed by atoms with Gasteiger partial charge >= 0.3 is 0 Å². The number of aromatic nitrogens is 1. The molecule has 3 atom stereocenters. The number of amides is 1. The predicted octanol–water partition coefficient (Wildman–Crippen LogP) is 3.69. The number of carbonyl (C=O) groups excluding carboxylic acids is 1. The Morgan fingerprint density at radius 1 is 1.03 bits per heavy atom. The molecule has 4 rings (SSSR count). The van der Waals surface area contributed by atoms with Crippen molar-refractivity contribution < 1.29 is 14.8 Å². The van der Waals surface area contributed by atoms with Crippen LogP contribution in [0.3, 0.4) is 0 Å². The highest BCUT2D eigenvalue weighted by atomic mass is 16.6. The summed E-state index contributed by atoms with van der Waals surface area (Å²) in [6.07, 6.45) is 3.36. The number of hydrogen-bond donors (Lipinski definition) is 1. The van der Waals surface area contributed by atoms with E-state index in [0.29, 0.717) is 5.56 Å². The summed E-state index contributed by atoms with van der Waals surface area (Å²) in [5.41, 5.74) is 2.19. The Morgan fingerprint density at radius 2 is 1.77 bits per heavy atom. The van der Waals surface area contributed by atoms with Gasteiger partial charge in [0.2, 0.25) is 11.9 Å².